The third-order valence-corrected chi connectivity index (χ3v) is 4.48. The number of hydrogen-bond donors (Lipinski definition) is 2. The summed E-state index contributed by atoms with van der Waals surface area (Å²) in [6, 6.07) is 11.1. The van der Waals surface area contributed by atoms with Gasteiger partial charge in [-0.25, -0.2) is 15.0 Å². The number of rotatable bonds is 5. The van der Waals surface area contributed by atoms with E-state index >= 15 is 0 Å². The lowest BCUT2D eigenvalue weighted by Crippen LogP contribution is -2.43. The first kappa shape index (κ1) is 19.9. The minimum absolute atomic E-state index is 0.293. The lowest BCUT2D eigenvalue weighted by molar-refractivity contribution is -0.274. The van der Waals surface area contributed by atoms with E-state index in [4.69, 9.17) is 0 Å². The van der Waals surface area contributed by atoms with Crippen LogP contribution in [0.1, 0.15) is 0 Å². The summed E-state index contributed by atoms with van der Waals surface area (Å²) in [6.07, 6.45) is -1.34. The van der Waals surface area contributed by atoms with E-state index in [-0.39, 0.29) is 5.75 Å². The number of nitrogens with one attached hydrogen (secondary N) is 2. The Morgan fingerprint density at radius 2 is 1.73 bits per heavy atom. The molecule has 0 amide bonds. The van der Waals surface area contributed by atoms with Crippen LogP contribution < -0.4 is 20.3 Å². The number of aromatic nitrogens is 3. The summed E-state index contributed by atoms with van der Waals surface area (Å²) in [5, 5.41) is 6.28. The summed E-state index contributed by atoms with van der Waals surface area (Å²) in [5.41, 5.74) is 2.06. The fourth-order valence-electron chi connectivity index (χ4n) is 3.07. The summed E-state index contributed by atoms with van der Waals surface area (Å²) in [5.74, 6) is 0.954. The van der Waals surface area contributed by atoms with Crippen molar-refractivity contribution in [2.75, 3.05) is 36.4 Å². The van der Waals surface area contributed by atoms with E-state index in [0.717, 1.165) is 37.6 Å². The van der Waals surface area contributed by atoms with Crippen LogP contribution >= 0.6 is 0 Å². The molecule has 3 aromatic rings. The summed E-state index contributed by atoms with van der Waals surface area (Å²) >= 11 is 0. The molecule has 30 heavy (non-hydrogen) atoms. The molecule has 1 aromatic carbocycles. The number of halogens is 3. The second kappa shape index (κ2) is 8.54. The molecule has 0 spiro atoms. The number of pyridine rings is 1. The van der Waals surface area contributed by atoms with Gasteiger partial charge in [-0.05, 0) is 42.5 Å². The fraction of sp³-hybridized carbons (Fsp3) is 0.250. The Labute approximate surface area is 170 Å². The van der Waals surface area contributed by atoms with E-state index in [2.05, 4.69) is 35.2 Å². The SMILES string of the molecule is FC(F)(F)Oc1ccc(Nc2nccc(-c3ccc(N4CCNCC4)nc3)n2)cc1. The first-order valence-electron chi connectivity index (χ1n) is 9.34. The summed E-state index contributed by atoms with van der Waals surface area (Å²) < 4.78 is 40.6. The van der Waals surface area contributed by atoms with Crippen molar-refractivity contribution in [1.29, 1.82) is 0 Å². The van der Waals surface area contributed by atoms with Gasteiger partial charge in [-0.3, -0.25) is 0 Å². The molecule has 3 heterocycles. The number of alkyl halides is 3. The maximum atomic E-state index is 12.3. The number of nitrogens with zero attached hydrogens (tertiary/aromatic N) is 4. The van der Waals surface area contributed by atoms with Crippen molar-refractivity contribution in [2.45, 2.75) is 6.36 Å². The van der Waals surface area contributed by atoms with Crippen molar-refractivity contribution in [1.82, 2.24) is 20.3 Å². The van der Waals surface area contributed by atoms with Gasteiger partial charge in [0.15, 0.2) is 0 Å². The molecule has 0 atom stereocenters. The molecule has 1 saturated heterocycles. The van der Waals surface area contributed by atoms with Gasteiger partial charge in [-0.2, -0.15) is 0 Å². The topological polar surface area (TPSA) is 75.2 Å². The van der Waals surface area contributed by atoms with Gasteiger partial charge in [0.1, 0.15) is 11.6 Å². The highest BCUT2D eigenvalue weighted by Crippen LogP contribution is 2.25. The minimum atomic E-state index is -4.72. The highest BCUT2D eigenvalue weighted by atomic mass is 19.4. The maximum Gasteiger partial charge on any atom is 0.573 e. The van der Waals surface area contributed by atoms with E-state index in [9.17, 15) is 13.2 Å². The van der Waals surface area contributed by atoms with Crippen LogP contribution in [0.2, 0.25) is 0 Å². The predicted molar refractivity (Wildman–Crippen MR) is 107 cm³/mol. The van der Waals surface area contributed by atoms with Crippen LogP contribution in [-0.2, 0) is 0 Å². The van der Waals surface area contributed by atoms with Crippen LogP contribution in [0.3, 0.4) is 0 Å². The molecule has 0 unspecified atom stereocenters. The molecule has 7 nitrogen and oxygen atoms in total. The van der Waals surface area contributed by atoms with Gasteiger partial charge < -0.3 is 20.3 Å². The third-order valence-electron chi connectivity index (χ3n) is 4.48. The van der Waals surface area contributed by atoms with Crippen molar-refractivity contribution in [3.05, 3.63) is 54.9 Å². The molecule has 2 N–H and O–H groups in total. The fourth-order valence-corrected chi connectivity index (χ4v) is 3.07. The Morgan fingerprint density at radius 3 is 2.40 bits per heavy atom. The van der Waals surface area contributed by atoms with Crippen molar-refractivity contribution in [2.24, 2.45) is 0 Å². The summed E-state index contributed by atoms with van der Waals surface area (Å²) in [7, 11) is 0. The van der Waals surface area contributed by atoms with Crippen LogP contribution in [-0.4, -0.2) is 47.5 Å². The second-order valence-corrected chi connectivity index (χ2v) is 6.60. The molecule has 156 valence electrons. The van der Waals surface area contributed by atoms with E-state index < -0.39 is 6.36 Å². The largest absolute Gasteiger partial charge is 0.573 e. The van der Waals surface area contributed by atoms with Gasteiger partial charge in [-0.1, -0.05) is 0 Å². The van der Waals surface area contributed by atoms with Crippen LogP contribution in [0.4, 0.5) is 30.6 Å². The summed E-state index contributed by atoms with van der Waals surface area (Å²) in [4.78, 5) is 15.4. The molecule has 4 rings (SSSR count). The zero-order valence-electron chi connectivity index (χ0n) is 15.9. The molecular formula is C20H19F3N6O. The molecule has 10 heteroatoms. The highest BCUT2D eigenvalue weighted by molar-refractivity contribution is 5.62. The van der Waals surface area contributed by atoms with E-state index in [1.165, 1.54) is 24.3 Å². The van der Waals surface area contributed by atoms with Crippen molar-refractivity contribution < 1.29 is 17.9 Å². The lowest BCUT2D eigenvalue weighted by atomic mass is 10.2. The normalized spacial score (nSPS) is 14.4. The number of anilines is 3. The first-order chi connectivity index (χ1) is 14.5. The Morgan fingerprint density at radius 1 is 0.967 bits per heavy atom. The Hall–Kier alpha value is -3.40. The highest BCUT2D eigenvalue weighted by Gasteiger charge is 2.30. The number of piperazine rings is 1. The average molecular weight is 416 g/mol. The van der Waals surface area contributed by atoms with E-state index in [1.807, 2.05) is 12.1 Å². The van der Waals surface area contributed by atoms with Gasteiger partial charge in [0, 0.05) is 49.8 Å². The number of benzene rings is 1. The van der Waals surface area contributed by atoms with E-state index in [0.29, 0.717) is 17.3 Å². The molecule has 0 saturated carbocycles. The van der Waals surface area contributed by atoms with Crippen LogP contribution in [0.15, 0.2) is 54.9 Å². The Bertz CT molecular complexity index is 973. The van der Waals surface area contributed by atoms with Gasteiger partial charge in [0.05, 0.1) is 5.69 Å². The van der Waals surface area contributed by atoms with Crippen molar-refractivity contribution in [3.8, 4) is 17.0 Å². The zero-order chi connectivity index (χ0) is 21.0. The minimum Gasteiger partial charge on any atom is -0.406 e. The van der Waals surface area contributed by atoms with Crippen molar-refractivity contribution >= 4 is 17.5 Å². The van der Waals surface area contributed by atoms with Crippen LogP contribution in [0.25, 0.3) is 11.3 Å². The molecule has 0 radical (unpaired) electrons. The monoisotopic (exact) mass is 416 g/mol. The number of hydrogen-bond acceptors (Lipinski definition) is 7. The predicted octanol–water partition coefficient (Wildman–Crippen LogP) is 3.59. The molecule has 1 aliphatic heterocycles. The summed E-state index contributed by atoms with van der Waals surface area (Å²) in [6.45, 7) is 3.71. The molecule has 1 fully saturated rings. The molecule has 2 aromatic heterocycles. The molecule has 0 aliphatic carbocycles. The van der Waals surface area contributed by atoms with Crippen LogP contribution in [0.5, 0.6) is 5.75 Å². The lowest BCUT2D eigenvalue weighted by Gasteiger charge is -2.28. The van der Waals surface area contributed by atoms with Crippen LogP contribution in [0, 0.1) is 0 Å². The standard InChI is InChI=1S/C20H19F3N6O/c21-20(22,23)30-16-4-2-15(3-5-16)27-19-25-8-7-17(28-19)14-1-6-18(26-13-14)29-11-9-24-10-12-29/h1-8,13,24H,9-12H2,(H,25,27,28). The molecule has 0 bridgehead atoms. The van der Waals surface area contributed by atoms with Gasteiger partial charge in [0.25, 0.3) is 0 Å². The Balaban J connectivity index is 1.45. The maximum absolute atomic E-state index is 12.3. The molecular weight excluding hydrogens is 397 g/mol. The van der Waals surface area contributed by atoms with Gasteiger partial charge in [0.2, 0.25) is 5.95 Å². The quantitative estimate of drug-likeness (QED) is 0.658. The first-order valence-corrected chi connectivity index (χ1v) is 9.34. The second-order valence-electron chi connectivity index (χ2n) is 6.60. The molecule has 1 aliphatic rings. The Kier molecular flexibility index (Phi) is 5.66. The van der Waals surface area contributed by atoms with Crippen molar-refractivity contribution in [3.63, 3.8) is 0 Å². The smallest absolute Gasteiger partial charge is 0.406 e. The third kappa shape index (κ3) is 5.15. The van der Waals surface area contributed by atoms with Gasteiger partial charge >= 0.3 is 6.36 Å². The number of ether oxygens (including phenoxy) is 1. The zero-order valence-corrected chi connectivity index (χ0v) is 15.9. The van der Waals surface area contributed by atoms with Gasteiger partial charge in [-0.15, -0.1) is 13.2 Å². The van der Waals surface area contributed by atoms with E-state index in [1.54, 1.807) is 18.5 Å². The average Bonchev–Trinajstić information content (AvgIpc) is 2.75.